The maximum Gasteiger partial charge on any atom is 0.227 e. The quantitative estimate of drug-likeness (QED) is 0.715. The lowest BCUT2D eigenvalue weighted by Crippen LogP contribution is -2.02. The van der Waals surface area contributed by atoms with Gasteiger partial charge in [0, 0.05) is 23.8 Å². The molecule has 116 valence electrons. The van der Waals surface area contributed by atoms with E-state index in [-0.39, 0.29) is 9.79 Å². The lowest BCUT2D eigenvalue weighted by atomic mass is 10.3. The van der Waals surface area contributed by atoms with Crippen molar-refractivity contribution < 1.29 is 8.42 Å². The van der Waals surface area contributed by atoms with Crippen molar-refractivity contribution in [2.45, 2.75) is 9.79 Å². The van der Waals surface area contributed by atoms with Crippen LogP contribution in [0.15, 0.2) is 76.8 Å². The van der Waals surface area contributed by atoms with Crippen LogP contribution in [0, 0.1) is 0 Å². The van der Waals surface area contributed by atoms with Crippen molar-refractivity contribution in [3.8, 4) is 0 Å². The third-order valence-electron chi connectivity index (χ3n) is 3.18. The molecule has 0 spiro atoms. The fourth-order valence-corrected chi connectivity index (χ4v) is 3.25. The summed E-state index contributed by atoms with van der Waals surface area (Å²) in [6, 6.07) is 14.2. The van der Waals surface area contributed by atoms with Crippen LogP contribution in [0.5, 0.6) is 0 Å². The fourth-order valence-electron chi connectivity index (χ4n) is 1.99. The zero-order valence-electron chi connectivity index (χ0n) is 12.0. The van der Waals surface area contributed by atoms with Gasteiger partial charge in [-0.1, -0.05) is 0 Å². The number of nitrogens with two attached hydrogens (primary N) is 1. The summed E-state index contributed by atoms with van der Waals surface area (Å²) >= 11 is 0. The van der Waals surface area contributed by atoms with Gasteiger partial charge in [0.15, 0.2) is 0 Å². The van der Waals surface area contributed by atoms with Gasteiger partial charge in [0.25, 0.3) is 0 Å². The summed E-state index contributed by atoms with van der Waals surface area (Å²) in [5, 5.41) is 3.00. The fraction of sp³-hybridized carbons (Fsp3) is 0. The highest BCUT2D eigenvalue weighted by Crippen LogP contribution is 2.23. The molecule has 0 aliphatic heterocycles. The van der Waals surface area contributed by atoms with Crippen LogP contribution < -0.4 is 11.1 Å². The smallest absolute Gasteiger partial charge is 0.227 e. The molecule has 3 rings (SSSR count). The Morgan fingerprint density at radius 3 is 1.91 bits per heavy atom. The Labute approximate surface area is 134 Å². The van der Waals surface area contributed by atoms with E-state index in [9.17, 15) is 8.42 Å². The van der Waals surface area contributed by atoms with Crippen LogP contribution in [-0.4, -0.2) is 18.4 Å². The highest BCUT2D eigenvalue weighted by molar-refractivity contribution is 7.91. The molecular weight excluding hydrogens is 312 g/mol. The number of hydrogen-bond donors (Lipinski definition) is 2. The Kier molecular flexibility index (Phi) is 3.94. The Morgan fingerprint density at radius 2 is 1.35 bits per heavy atom. The molecule has 3 N–H and O–H groups in total. The first-order valence-corrected chi connectivity index (χ1v) is 8.29. The topological polar surface area (TPSA) is 98.0 Å². The molecule has 0 atom stereocenters. The van der Waals surface area contributed by atoms with Gasteiger partial charge in [0.05, 0.1) is 9.79 Å². The molecule has 0 bridgehead atoms. The monoisotopic (exact) mass is 326 g/mol. The van der Waals surface area contributed by atoms with Crippen LogP contribution in [0.4, 0.5) is 17.3 Å². The zero-order chi connectivity index (χ0) is 16.3. The molecule has 6 nitrogen and oxygen atoms in total. The van der Waals surface area contributed by atoms with Crippen LogP contribution in [0.3, 0.4) is 0 Å². The Morgan fingerprint density at radius 1 is 0.826 bits per heavy atom. The first kappa shape index (κ1) is 15.0. The predicted octanol–water partition coefficient (Wildman–Crippen LogP) is 2.64. The summed E-state index contributed by atoms with van der Waals surface area (Å²) in [6.07, 6.45) is 3.24. The average molecular weight is 326 g/mol. The van der Waals surface area contributed by atoms with E-state index in [0.717, 1.165) is 0 Å². The summed E-state index contributed by atoms with van der Waals surface area (Å²) in [7, 11) is -3.56. The third kappa shape index (κ3) is 3.29. The van der Waals surface area contributed by atoms with E-state index in [1.807, 2.05) is 0 Å². The maximum atomic E-state index is 12.5. The molecule has 23 heavy (non-hydrogen) atoms. The van der Waals surface area contributed by atoms with E-state index >= 15 is 0 Å². The summed E-state index contributed by atoms with van der Waals surface area (Å²) < 4.78 is 25.1. The second-order valence-electron chi connectivity index (χ2n) is 4.79. The summed E-state index contributed by atoms with van der Waals surface area (Å²) in [5.74, 6) is 0.446. The van der Waals surface area contributed by atoms with E-state index in [0.29, 0.717) is 17.3 Å². The molecule has 3 aromatic rings. The van der Waals surface area contributed by atoms with Crippen molar-refractivity contribution in [1.29, 1.82) is 0 Å². The molecule has 1 heterocycles. The van der Waals surface area contributed by atoms with Crippen LogP contribution in [-0.2, 0) is 9.84 Å². The largest absolute Gasteiger partial charge is 0.399 e. The standard InChI is InChI=1S/C16H14N4O2S/c17-12-2-6-14(7-3-12)23(21,22)15-8-4-13(5-9-15)20-16-18-10-1-11-19-16/h1-11H,17H2,(H,18,19,20). The first-order valence-electron chi connectivity index (χ1n) is 6.80. The van der Waals surface area contributed by atoms with Crippen molar-refractivity contribution in [3.63, 3.8) is 0 Å². The highest BCUT2D eigenvalue weighted by atomic mass is 32.2. The Bertz CT molecular complexity index is 893. The van der Waals surface area contributed by atoms with Gasteiger partial charge in [-0.25, -0.2) is 18.4 Å². The molecule has 0 saturated carbocycles. The molecule has 1 aromatic heterocycles. The van der Waals surface area contributed by atoms with E-state index < -0.39 is 9.84 Å². The van der Waals surface area contributed by atoms with Gasteiger partial charge in [-0.15, -0.1) is 0 Å². The van der Waals surface area contributed by atoms with Crippen LogP contribution >= 0.6 is 0 Å². The average Bonchev–Trinajstić information content (AvgIpc) is 2.57. The second kappa shape index (κ2) is 6.05. The Hall–Kier alpha value is -2.93. The lowest BCUT2D eigenvalue weighted by Gasteiger charge is -2.07. The minimum Gasteiger partial charge on any atom is -0.399 e. The number of aromatic nitrogens is 2. The van der Waals surface area contributed by atoms with E-state index in [1.54, 1.807) is 42.7 Å². The molecule has 0 amide bonds. The number of nitrogen functional groups attached to an aromatic ring is 1. The first-order chi connectivity index (χ1) is 11.1. The molecule has 2 aromatic carbocycles. The third-order valence-corrected chi connectivity index (χ3v) is 4.96. The van der Waals surface area contributed by atoms with E-state index in [2.05, 4.69) is 15.3 Å². The number of rotatable bonds is 4. The van der Waals surface area contributed by atoms with Crippen molar-refractivity contribution >= 4 is 27.2 Å². The van der Waals surface area contributed by atoms with Crippen LogP contribution in [0.2, 0.25) is 0 Å². The maximum absolute atomic E-state index is 12.5. The number of nitrogens with one attached hydrogen (secondary N) is 1. The minimum absolute atomic E-state index is 0.207. The number of anilines is 3. The number of hydrogen-bond acceptors (Lipinski definition) is 6. The highest BCUT2D eigenvalue weighted by Gasteiger charge is 2.17. The molecule has 0 fully saturated rings. The number of sulfone groups is 1. The molecule has 0 aliphatic carbocycles. The normalized spacial score (nSPS) is 11.1. The van der Waals surface area contributed by atoms with E-state index in [1.165, 1.54) is 24.3 Å². The second-order valence-corrected chi connectivity index (χ2v) is 6.74. The van der Waals surface area contributed by atoms with Gasteiger partial charge in [-0.2, -0.15) is 0 Å². The van der Waals surface area contributed by atoms with Gasteiger partial charge < -0.3 is 11.1 Å². The van der Waals surface area contributed by atoms with Gasteiger partial charge >= 0.3 is 0 Å². The number of benzene rings is 2. The molecule has 0 unspecified atom stereocenters. The van der Waals surface area contributed by atoms with Crippen molar-refractivity contribution in [2.24, 2.45) is 0 Å². The summed E-state index contributed by atoms with van der Waals surface area (Å²) in [4.78, 5) is 8.51. The summed E-state index contributed by atoms with van der Waals surface area (Å²) in [5.41, 5.74) is 6.81. The summed E-state index contributed by atoms with van der Waals surface area (Å²) in [6.45, 7) is 0. The molecule has 0 radical (unpaired) electrons. The zero-order valence-corrected chi connectivity index (χ0v) is 12.9. The van der Waals surface area contributed by atoms with Crippen LogP contribution in [0.25, 0.3) is 0 Å². The minimum atomic E-state index is -3.56. The van der Waals surface area contributed by atoms with Gasteiger partial charge in [0.1, 0.15) is 0 Å². The number of nitrogens with zero attached hydrogens (tertiary/aromatic N) is 2. The van der Waals surface area contributed by atoms with Crippen molar-refractivity contribution in [2.75, 3.05) is 11.1 Å². The molecule has 7 heteroatoms. The van der Waals surface area contributed by atoms with Gasteiger partial charge in [-0.3, -0.25) is 0 Å². The SMILES string of the molecule is Nc1ccc(S(=O)(=O)c2ccc(Nc3ncccn3)cc2)cc1. The lowest BCUT2D eigenvalue weighted by molar-refractivity contribution is 0.596. The molecule has 0 saturated heterocycles. The molecule has 0 aliphatic rings. The predicted molar refractivity (Wildman–Crippen MR) is 88.1 cm³/mol. The van der Waals surface area contributed by atoms with Crippen molar-refractivity contribution in [3.05, 3.63) is 67.0 Å². The molecular formula is C16H14N4O2S. The van der Waals surface area contributed by atoms with Gasteiger partial charge in [-0.05, 0) is 54.6 Å². The Balaban J connectivity index is 1.85. The van der Waals surface area contributed by atoms with E-state index in [4.69, 9.17) is 5.73 Å². The van der Waals surface area contributed by atoms with Crippen molar-refractivity contribution in [1.82, 2.24) is 9.97 Å². The van der Waals surface area contributed by atoms with Crippen LogP contribution in [0.1, 0.15) is 0 Å². The van der Waals surface area contributed by atoms with Gasteiger partial charge in [0.2, 0.25) is 15.8 Å².